The van der Waals surface area contributed by atoms with Crippen molar-refractivity contribution in [3.8, 4) is 5.88 Å². The van der Waals surface area contributed by atoms with E-state index in [1.807, 2.05) is 0 Å². The smallest absolute Gasteiger partial charge is 0.255 e. The van der Waals surface area contributed by atoms with E-state index in [4.69, 9.17) is 15.3 Å². The number of nitrogens with zero attached hydrogens (tertiary/aromatic N) is 1. The van der Waals surface area contributed by atoms with Gasteiger partial charge in [0.25, 0.3) is 5.56 Å². The molecule has 1 heterocycles. The van der Waals surface area contributed by atoms with Crippen LogP contribution in [0.4, 0.5) is 0 Å². The Bertz CT molecular complexity index is 354. The molecule has 0 amide bonds. The Balaban J connectivity index is 2.63. The molecule has 1 atom stereocenters. The summed E-state index contributed by atoms with van der Waals surface area (Å²) < 4.78 is 0. The molecule has 7 heteroatoms. The predicted molar refractivity (Wildman–Crippen MR) is 50.3 cm³/mol. The second-order valence-corrected chi connectivity index (χ2v) is 3.56. The summed E-state index contributed by atoms with van der Waals surface area (Å²) in [5.74, 6) is -0.169. The maximum absolute atomic E-state index is 10.8. The Hall–Kier alpha value is -1.05. The number of hydrogen-bond acceptors (Lipinski definition) is 6. The first kappa shape index (κ1) is 11.0. The molecule has 0 aromatic carbocycles. The highest BCUT2D eigenvalue weighted by molar-refractivity contribution is 7.99. The van der Waals surface area contributed by atoms with Crippen LogP contribution >= 0.6 is 11.8 Å². The molecule has 6 nitrogen and oxygen atoms in total. The molecule has 4 N–H and O–H groups in total. The summed E-state index contributed by atoms with van der Waals surface area (Å²) in [4.78, 5) is 16.8. The molecule has 0 aliphatic carbocycles. The number of nitrogens with one attached hydrogen (secondary N) is 1. The largest absolute Gasteiger partial charge is 0.493 e. The van der Waals surface area contributed by atoms with Gasteiger partial charge < -0.3 is 20.3 Å². The lowest BCUT2D eigenvalue weighted by Gasteiger charge is -2.05. The van der Waals surface area contributed by atoms with Crippen molar-refractivity contribution in [3.63, 3.8) is 0 Å². The summed E-state index contributed by atoms with van der Waals surface area (Å²) in [7, 11) is 0. The maximum Gasteiger partial charge on any atom is 0.255 e. The minimum absolute atomic E-state index is 0.197. The lowest BCUT2D eigenvalue weighted by molar-refractivity contribution is 0.113. The zero-order valence-electron chi connectivity index (χ0n) is 7.17. The fraction of sp³-hybridized carbons (Fsp3) is 0.429. The number of aliphatic hydroxyl groups excluding tert-OH is 2. The molecular formula is C7H10N2O4S. The van der Waals surface area contributed by atoms with Gasteiger partial charge >= 0.3 is 0 Å². The molecule has 0 radical (unpaired) electrons. The molecule has 1 aromatic heterocycles. The SMILES string of the molecule is O=c1cc(O)nc(SCC(O)CO)[nH]1. The fourth-order valence-electron chi connectivity index (χ4n) is 0.719. The number of aromatic nitrogens is 2. The van der Waals surface area contributed by atoms with Gasteiger partial charge in [-0.3, -0.25) is 4.79 Å². The van der Waals surface area contributed by atoms with Crippen molar-refractivity contribution in [1.29, 1.82) is 0 Å². The zero-order chi connectivity index (χ0) is 10.6. The van der Waals surface area contributed by atoms with Gasteiger partial charge in [0.15, 0.2) is 5.16 Å². The fourth-order valence-corrected chi connectivity index (χ4v) is 1.51. The molecule has 1 aromatic rings. The number of aromatic amines is 1. The Morgan fingerprint density at radius 2 is 2.36 bits per heavy atom. The van der Waals surface area contributed by atoms with Crippen molar-refractivity contribution in [2.75, 3.05) is 12.4 Å². The average Bonchev–Trinajstić information content (AvgIpc) is 2.12. The highest BCUT2D eigenvalue weighted by Crippen LogP contribution is 2.13. The van der Waals surface area contributed by atoms with Crippen LogP contribution in [0.15, 0.2) is 16.0 Å². The molecule has 1 unspecified atom stereocenters. The summed E-state index contributed by atoms with van der Waals surface area (Å²) in [6, 6.07) is 0.951. The molecule has 0 saturated carbocycles. The van der Waals surface area contributed by atoms with E-state index in [9.17, 15) is 4.79 Å². The molecule has 0 bridgehead atoms. The van der Waals surface area contributed by atoms with Crippen LogP contribution in [-0.2, 0) is 0 Å². The number of thioether (sulfide) groups is 1. The van der Waals surface area contributed by atoms with Gasteiger partial charge in [-0.1, -0.05) is 11.8 Å². The minimum atomic E-state index is -0.868. The van der Waals surface area contributed by atoms with Crippen LogP contribution in [0.2, 0.25) is 0 Å². The molecule has 14 heavy (non-hydrogen) atoms. The third kappa shape index (κ3) is 3.36. The number of hydrogen-bond donors (Lipinski definition) is 4. The molecule has 78 valence electrons. The number of H-pyrrole nitrogens is 1. The predicted octanol–water partition coefficient (Wildman–Crippen LogP) is -1.08. The van der Waals surface area contributed by atoms with E-state index in [0.717, 1.165) is 17.8 Å². The monoisotopic (exact) mass is 218 g/mol. The van der Waals surface area contributed by atoms with Gasteiger partial charge in [0.2, 0.25) is 5.88 Å². The highest BCUT2D eigenvalue weighted by Gasteiger charge is 2.05. The van der Waals surface area contributed by atoms with Crippen LogP contribution in [0.1, 0.15) is 0 Å². The Labute approximate surface area is 83.6 Å². The maximum atomic E-state index is 10.8. The zero-order valence-corrected chi connectivity index (χ0v) is 7.99. The summed E-state index contributed by atoms with van der Waals surface area (Å²) in [5, 5.41) is 26.7. The highest BCUT2D eigenvalue weighted by atomic mass is 32.2. The second-order valence-electron chi connectivity index (χ2n) is 2.56. The van der Waals surface area contributed by atoms with Crippen LogP contribution in [0.25, 0.3) is 0 Å². The van der Waals surface area contributed by atoms with E-state index in [1.165, 1.54) is 0 Å². The van der Waals surface area contributed by atoms with E-state index in [0.29, 0.717) is 0 Å². The Morgan fingerprint density at radius 3 is 2.93 bits per heavy atom. The quantitative estimate of drug-likeness (QED) is 0.378. The third-order valence-electron chi connectivity index (χ3n) is 1.33. The molecule has 0 fully saturated rings. The summed E-state index contributed by atoms with van der Waals surface area (Å²) in [6.45, 7) is -0.351. The molecule has 0 saturated heterocycles. The van der Waals surface area contributed by atoms with Crippen LogP contribution in [-0.4, -0.2) is 43.8 Å². The molecule has 0 aliphatic rings. The van der Waals surface area contributed by atoms with Gasteiger partial charge in [-0.2, -0.15) is 4.98 Å². The number of rotatable bonds is 4. The van der Waals surface area contributed by atoms with Gasteiger partial charge in [0.05, 0.1) is 18.8 Å². The average molecular weight is 218 g/mol. The summed E-state index contributed by atoms with van der Waals surface area (Å²) in [5.41, 5.74) is -0.460. The standard InChI is InChI=1S/C7H10N2O4S/c10-2-4(11)3-14-7-8-5(12)1-6(13)9-7/h1,4,10-11H,2-3H2,(H2,8,9,12,13). The van der Waals surface area contributed by atoms with Crippen molar-refractivity contribution < 1.29 is 15.3 Å². The van der Waals surface area contributed by atoms with Crippen LogP contribution < -0.4 is 5.56 Å². The van der Waals surface area contributed by atoms with E-state index >= 15 is 0 Å². The summed E-state index contributed by atoms with van der Waals surface area (Å²) >= 11 is 1.04. The van der Waals surface area contributed by atoms with Gasteiger partial charge in [-0.15, -0.1) is 0 Å². The van der Waals surface area contributed by atoms with E-state index in [1.54, 1.807) is 0 Å². The molecule has 1 rings (SSSR count). The lowest BCUT2D eigenvalue weighted by Crippen LogP contribution is -2.15. The Kier molecular flexibility index (Phi) is 3.93. The number of aromatic hydroxyl groups is 1. The van der Waals surface area contributed by atoms with Gasteiger partial charge in [-0.05, 0) is 0 Å². The van der Waals surface area contributed by atoms with Crippen LogP contribution in [0, 0.1) is 0 Å². The molecule has 0 aliphatic heterocycles. The van der Waals surface area contributed by atoms with Crippen molar-refractivity contribution in [3.05, 3.63) is 16.4 Å². The first-order valence-corrected chi connectivity index (χ1v) is 4.82. The van der Waals surface area contributed by atoms with Crippen molar-refractivity contribution in [2.24, 2.45) is 0 Å². The second kappa shape index (κ2) is 4.99. The van der Waals surface area contributed by atoms with Crippen molar-refractivity contribution in [1.82, 2.24) is 9.97 Å². The first-order valence-electron chi connectivity index (χ1n) is 3.84. The Morgan fingerprint density at radius 1 is 1.64 bits per heavy atom. The topological polar surface area (TPSA) is 106 Å². The van der Waals surface area contributed by atoms with E-state index in [2.05, 4.69) is 9.97 Å². The van der Waals surface area contributed by atoms with Crippen molar-refractivity contribution >= 4 is 11.8 Å². The van der Waals surface area contributed by atoms with E-state index < -0.39 is 11.7 Å². The van der Waals surface area contributed by atoms with Crippen LogP contribution in [0.5, 0.6) is 5.88 Å². The minimum Gasteiger partial charge on any atom is -0.493 e. The molecular weight excluding hydrogens is 208 g/mol. The summed E-state index contributed by atoms with van der Waals surface area (Å²) in [6.07, 6.45) is -0.868. The van der Waals surface area contributed by atoms with Gasteiger partial charge in [0, 0.05) is 5.75 Å². The lowest BCUT2D eigenvalue weighted by atomic mass is 10.4. The van der Waals surface area contributed by atoms with E-state index in [-0.39, 0.29) is 23.4 Å². The number of aliphatic hydroxyl groups is 2. The third-order valence-corrected chi connectivity index (χ3v) is 2.35. The van der Waals surface area contributed by atoms with Gasteiger partial charge in [0.1, 0.15) is 0 Å². The van der Waals surface area contributed by atoms with Crippen molar-refractivity contribution in [2.45, 2.75) is 11.3 Å². The molecule has 0 spiro atoms. The normalized spacial score (nSPS) is 12.7. The van der Waals surface area contributed by atoms with Crippen LogP contribution in [0.3, 0.4) is 0 Å². The van der Waals surface area contributed by atoms with Gasteiger partial charge in [-0.25, -0.2) is 0 Å². The first-order chi connectivity index (χ1) is 6.61.